The van der Waals surface area contributed by atoms with Crippen LogP contribution in [0.25, 0.3) is 10.6 Å². The fourth-order valence-electron chi connectivity index (χ4n) is 4.44. The first-order chi connectivity index (χ1) is 18.3. The number of amides is 1. The number of thiazole rings is 1. The molecule has 1 aliphatic carbocycles. The van der Waals surface area contributed by atoms with E-state index in [-0.39, 0.29) is 5.91 Å². The molecule has 5 rings (SSSR count). The zero-order valence-corrected chi connectivity index (χ0v) is 21.8. The summed E-state index contributed by atoms with van der Waals surface area (Å²) in [7, 11) is 0. The van der Waals surface area contributed by atoms with Gasteiger partial charge in [-0.25, -0.2) is 15.0 Å². The largest absolute Gasteiger partial charge is 0.493 e. The Morgan fingerprint density at radius 1 is 1.11 bits per heavy atom. The van der Waals surface area contributed by atoms with Gasteiger partial charge < -0.3 is 14.8 Å². The molecule has 2 fully saturated rings. The van der Waals surface area contributed by atoms with Gasteiger partial charge in [0.25, 0.3) is 5.91 Å². The van der Waals surface area contributed by atoms with E-state index in [0.717, 1.165) is 49.0 Å². The van der Waals surface area contributed by atoms with E-state index in [4.69, 9.17) is 9.47 Å². The number of benzene rings is 1. The zero-order valence-electron chi connectivity index (χ0n) is 21.0. The SMILES string of the molecule is CC(NC(=O)c1cc(OCC2CCOCC2)cc(-c2ncc(C3CCC3)s2)c1)c1cnc(C(F)(F)F)nc1. The minimum absolute atomic E-state index is 0.364. The molecule has 3 aromatic rings. The van der Waals surface area contributed by atoms with E-state index in [0.29, 0.717) is 35.3 Å². The molecule has 11 heteroatoms. The van der Waals surface area contributed by atoms with Crippen LogP contribution in [0, 0.1) is 5.92 Å². The van der Waals surface area contributed by atoms with E-state index in [1.165, 1.54) is 24.1 Å². The van der Waals surface area contributed by atoms with Crippen LogP contribution in [-0.4, -0.2) is 40.7 Å². The number of alkyl halides is 3. The van der Waals surface area contributed by atoms with Crippen LogP contribution in [0.3, 0.4) is 0 Å². The lowest BCUT2D eigenvalue weighted by Crippen LogP contribution is -2.27. The molecule has 1 aliphatic heterocycles. The Hall–Kier alpha value is -3.05. The molecule has 0 radical (unpaired) electrons. The second-order valence-corrected chi connectivity index (χ2v) is 10.9. The number of hydrogen-bond acceptors (Lipinski definition) is 7. The summed E-state index contributed by atoms with van der Waals surface area (Å²) in [4.78, 5) is 25.9. The average Bonchev–Trinajstić information content (AvgIpc) is 3.36. The summed E-state index contributed by atoms with van der Waals surface area (Å²) in [6, 6.07) is 4.77. The van der Waals surface area contributed by atoms with Crippen LogP contribution in [0.4, 0.5) is 13.2 Å². The zero-order chi connectivity index (χ0) is 26.7. The van der Waals surface area contributed by atoms with Gasteiger partial charge in [-0.3, -0.25) is 4.79 Å². The third kappa shape index (κ3) is 6.32. The number of carbonyl (C=O) groups is 1. The van der Waals surface area contributed by atoms with Crippen LogP contribution in [0.2, 0.25) is 0 Å². The van der Waals surface area contributed by atoms with Crippen LogP contribution in [0.1, 0.15) is 77.6 Å². The molecule has 38 heavy (non-hydrogen) atoms. The standard InChI is InChI=1S/C27H29F3N4O3S/c1-16(21-12-32-26(33-13-21)27(28,29)30)34-24(35)19-9-20(25-31-14-23(38-25)18-3-2-4-18)11-22(10-19)37-15-17-5-7-36-8-6-17/h9-14,16-18H,2-8,15H2,1H3,(H,34,35). The topological polar surface area (TPSA) is 86.2 Å². The highest BCUT2D eigenvalue weighted by molar-refractivity contribution is 7.15. The maximum atomic E-state index is 13.2. The van der Waals surface area contributed by atoms with E-state index in [9.17, 15) is 18.0 Å². The van der Waals surface area contributed by atoms with Crippen molar-refractivity contribution in [2.24, 2.45) is 5.92 Å². The number of aromatic nitrogens is 3. The van der Waals surface area contributed by atoms with E-state index in [1.54, 1.807) is 30.4 Å². The van der Waals surface area contributed by atoms with E-state index < -0.39 is 18.0 Å². The van der Waals surface area contributed by atoms with Crippen molar-refractivity contribution in [1.82, 2.24) is 20.3 Å². The molecule has 1 amide bonds. The summed E-state index contributed by atoms with van der Waals surface area (Å²) in [6.45, 7) is 3.63. The second-order valence-electron chi connectivity index (χ2n) is 9.84. The molecule has 7 nitrogen and oxygen atoms in total. The Kier molecular flexibility index (Phi) is 7.94. The number of hydrogen-bond donors (Lipinski definition) is 1. The summed E-state index contributed by atoms with van der Waals surface area (Å²) in [5.74, 6) is -0.0854. The molecule has 1 unspecified atom stereocenters. The lowest BCUT2D eigenvalue weighted by molar-refractivity contribution is -0.145. The van der Waals surface area contributed by atoms with E-state index in [1.807, 2.05) is 12.3 Å². The maximum Gasteiger partial charge on any atom is 0.451 e. The van der Waals surface area contributed by atoms with Crippen molar-refractivity contribution in [3.8, 4) is 16.3 Å². The van der Waals surface area contributed by atoms with Gasteiger partial charge in [0.15, 0.2) is 0 Å². The van der Waals surface area contributed by atoms with Crippen molar-refractivity contribution >= 4 is 17.2 Å². The van der Waals surface area contributed by atoms with Gasteiger partial charge >= 0.3 is 6.18 Å². The lowest BCUT2D eigenvalue weighted by atomic mass is 9.85. The molecule has 1 saturated carbocycles. The molecule has 2 aromatic heterocycles. The predicted molar refractivity (Wildman–Crippen MR) is 136 cm³/mol. The third-order valence-electron chi connectivity index (χ3n) is 7.05. The Balaban J connectivity index is 1.35. The number of nitrogens with one attached hydrogen (secondary N) is 1. The van der Waals surface area contributed by atoms with Gasteiger partial charge in [-0.15, -0.1) is 11.3 Å². The van der Waals surface area contributed by atoms with Crippen LogP contribution >= 0.6 is 11.3 Å². The van der Waals surface area contributed by atoms with Crippen molar-refractivity contribution in [3.63, 3.8) is 0 Å². The van der Waals surface area contributed by atoms with Crippen LogP contribution in [-0.2, 0) is 10.9 Å². The van der Waals surface area contributed by atoms with Crippen molar-refractivity contribution in [2.45, 2.75) is 57.2 Å². The first kappa shape index (κ1) is 26.6. The highest BCUT2D eigenvalue weighted by Gasteiger charge is 2.34. The molecule has 1 aromatic carbocycles. The second kappa shape index (κ2) is 11.4. The molecule has 202 valence electrons. The average molecular weight is 547 g/mol. The number of rotatable bonds is 8. The number of nitrogens with zero attached hydrogens (tertiary/aromatic N) is 3. The summed E-state index contributed by atoms with van der Waals surface area (Å²) in [6.07, 6.45) is 4.90. The highest BCUT2D eigenvalue weighted by atomic mass is 32.1. The molecular weight excluding hydrogens is 517 g/mol. The van der Waals surface area contributed by atoms with Gasteiger partial charge in [0.1, 0.15) is 10.8 Å². The Morgan fingerprint density at radius 2 is 1.84 bits per heavy atom. The van der Waals surface area contributed by atoms with E-state index in [2.05, 4.69) is 20.3 Å². The molecular formula is C27H29F3N4O3S. The van der Waals surface area contributed by atoms with Gasteiger partial charge in [0.05, 0.1) is 12.6 Å². The van der Waals surface area contributed by atoms with Gasteiger partial charge in [-0.2, -0.15) is 13.2 Å². The van der Waals surface area contributed by atoms with Crippen LogP contribution in [0.5, 0.6) is 5.75 Å². The van der Waals surface area contributed by atoms with Gasteiger partial charge in [0.2, 0.25) is 5.82 Å². The molecule has 1 saturated heterocycles. The van der Waals surface area contributed by atoms with Crippen molar-refractivity contribution in [3.05, 3.63) is 58.6 Å². The highest BCUT2D eigenvalue weighted by Crippen LogP contribution is 2.41. The van der Waals surface area contributed by atoms with Crippen molar-refractivity contribution in [2.75, 3.05) is 19.8 Å². The van der Waals surface area contributed by atoms with E-state index >= 15 is 0 Å². The number of carbonyl (C=O) groups excluding carboxylic acids is 1. The number of halogens is 3. The Morgan fingerprint density at radius 3 is 2.50 bits per heavy atom. The van der Waals surface area contributed by atoms with Crippen LogP contribution in [0.15, 0.2) is 36.8 Å². The fraction of sp³-hybridized carbons (Fsp3) is 0.481. The van der Waals surface area contributed by atoms with Crippen LogP contribution < -0.4 is 10.1 Å². The normalized spacial score (nSPS) is 17.6. The fourth-order valence-corrected chi connectivity index (χ4v) is 5.51. The minimum atomic E-state index is -4.62. The Bertz CT molecular complexity index is 1260. The van der Waals surface area contributed by atoms with Crippen molar-refractivity contribution < 1.29 is 27.4 Å². The molecule has 1 atom stereocenters. The first-order valence-electron chi connectivity index (χ1n) is 12.8. The van der Waals surface area contributed by atoms with Gasteiger partial charge in [0, 0.05) is 53.4 Å². The minimum Gasteiger partial charge on any atom is -0.493 e. The molecule has 3 heterocycles. The molecule has 1 N–H and O–H groups in total. The summed E-state index contributed by atoms with van der Waals surface area (Å²) < 4.78 is 50.0. The lowest BCUT2D eigenvalue weighted by Gasteiger charge is -2.23. The summed E-state index contributed by atoms with van der Waals surface area (Å²) in [5, 5.41) is 3.66. The number of ether oxygens (including phenoxy) is 2. The molecule has 2 aliphatic rings. The summed E-state index contributed by atoms with van der Waals surface area (Å²) in [5.41, 5.74) is 1.54. The quantitative estimate of drug-likeness (QED) is 0.363. The maximum absolute atomic E-state index is 13.2. The first-order valence-corrected chi connectivity index (χ1v) is 13.6. The van der Waals surface area contributed by atoms with Gasteiger partial charge in [-0.1, -0.05) is 6.42 Å². The molecule has 0 spiro atoms. The summed E-state index contributed by atoms with van der Waals surface area (Å²) >= 11 is 1.64. The Labute approximate surface area is 222 Å². The monoisotopic (exact) mass is 546 g/mol. The molecule has 0 bridgehead atoms. The third-order valence-corrected chi connectivity index (χ3v) is 8.26. The predicted octanol–water partition coefficient (Wildman–Crippen LogP) is 6.18. The van der Waals surface area contributed by atoms with Crippen molar-refractivity contribution in [1.29, 1.82) is 0 Å². The smallest absolute Gasteiger partial charge is 0.451 e. The van der Waals surface area contributed by atoms with Gasteiger partial charge in [-0.05, 0) is 62.6 Å².